The molecule has 0 aliphatic heterocycles. The van der Waals surface area contributed by atoms with Crippen LogP contribution < -0.4 is 15.4 Å². The standard InChI is InChI=1S/C18H23F3N4O2/c1-4-22-17(24-11-14-9-15(12(2)3)25-27-14)23-10-13-7-5-6-8-16(13)26-18(19,20)21/h5-9,12H,4,10-11H2,1-3H3,(H2,22,23,24). The third kappa shape index (κ3) is 6.84. The number of rotatable bonds is 7. The number of alkyl halides is 3. The van der Waals surface area contributed by atoms with E-state index in [1.165, 1.54) is 12.1 Å². The number of benzene rings is 1. The van der Waals surface area contributed by atoms with Crippen molar-refractivity contribution in [2.45, 2.75) is 46.1 Å². The van der Waals surface area contributed by atoms with Crippen molar-refractivity contribution in [3.05, 3.63) is 47.3 Å². The predicted molar refractivity (Wildman–Crippen MR) is 95.4 cm³/mol. The molecule has 1 heterocycles. The first-order chi connectivity index (χ1) is 12.8. The summed E-state index contributed by atoms with van der Waals surface area (Å²) in [6.45, 7) is 6.90. The number of guanidine groups is 1. The van der Waals surface area contributed by atoms with Crippen LogP contribution in [0.4, 0.5) is 13.2 Å². The number of halogens is 3. The molecule has 27 heavy (non-hydrogen) atoms. The number of hydrogen-bond acceptors (Lipinski definition) is 4. The summed E-state index contributed by atoms with van der Waals surface area (Å²) in [6.07, 6.45) is -4.75. The van der Waals surface area contributed by atoms with E-state index in [-0.39, 0.29) is 18.2 Å². The first kappa shape index (κ1) is 20.6. The molecule has 2 rings (SSSR count). The minimum atomic E-state index is -4.75. The van der Waals surface area contributed by atoms with Gasteiger partial charge in [0.25, 0.3) is 0 Å². The van der Waals surface area contributed by atoms with Crippen molar-refractivity contribution in [1.82, 2.24) is 15.8 Å². The van der Waals surface area contributed by atoms with Gasteiger partial charge in [-0.2, -0.15) is 0 Å². The van der Waals surface area contributed by atoms with Crippen LogP contribution in [-0.4, -0.2) is 24.0 Å². The lowest BCUT2D eigenvalue weighted by Gasteiger charge is -2.13. The van der Waals surface area contributed by atoms with E-state index >= 15 is 0 Å². The minimum absolute atomic E-state index is 0.0231. The summed E-state index contributed by atoms with van der Waals surface area (Å²) in [5.41, 5.74) is 1.18. The Balaban J connectivity index is 2.04. The number of nitrogens with zero attached hydrogens (tertiary/aromatic N) is 2. The van der Waals surface area contributed by atoms with Gasteiger partial charge >= 0.3 is 6.36 Å². The number of aromatic nitrogens is 1. The SMILES string of the molecule is CCNC(=NCc1ccccc1OC(F)(F)F)NCc1cc(C(C)C)no1. The topological polar surface area (TPSA) is 71.7 Å². The van der Waals surface area contributed by atoms with E-state index in [0.29, 0.717) is 30.4 Å². The molecule has 0 saturated heterocycles. The molecule has 0 bridgehead atoms. The second kappa shape index (κ2) is 9.29. The van der Waals surface area contributed by atoms with Gasteiger partial charge in [0.05, 0.1) is 18.8 Å². The normalized spacial score (nSPS) is 12.3. The maximum Gasteiger partial charge on any atom is 0.573 e. The Labute approximate surface area is 155 Å². The highest BCUT2D eigenvalue weighted by Gasteiger charge is 2.31. The van der Waals surface area contributed by atoms with Gasteiger partial charge < -0.3 is 19.9 Å². The van der Waals surface area contributed by atoms with E-state index in [9.17, 15) is 13.2 Å². The Bertz CT molecular complexity index is 757. The highest BCUT2D eigenvalue weighted by Crippen LogP contribution is 2.26. The lowest BCUT2D eigenvalue weighted by Crippen LogP contribution is -2.36. The van der Waals surface area contributed by atoms with E-state index in [1.807, 2.05) is 26.8 Å². The van der Waals surface area contributed by atoms with Crippen LogP contribution in [0.1, 0.15) is 43.7 Å². The number of aliphatic imine (C=N–C) groups is 1. The molecule has 1 aromatic carbocycles. The Morgan fingerprint density at radius 2 is 2.00 bits per heavy atom. The fraction of sp³-hybridized carbons (Fsp3) is 0.444. The third-order valence-electron chi connectivity index (χ3n) is 3.55. The molecule has 148 valence electrons. The molecule has 0 fully saturated rings. The zero-order valence-corrected chi connectivity index (χ0v) is 15.4. The quantitative estimate of drug-likeness (QED) is 0.559. The molecule has 0 spiro atoms. The van der Waals surface area contributed by atoms with Crippen molar-refractivity contribution in [3.63, 3.8) is 0 Å². The zero-order chi connectivity index (χ0) is 19.9. The van der Waals surface area contributed by atoms with Gasteiger partial charge in [-0.25, -0.2) is 4.99 Å². The molecular weight excluding hydrogens is 361 g/mol. The van der Waals surface area contributed by atoms with Gasteiger partial charge in [0, 0.05) is 18.2 Å². The molecule has 0 atom stereocenters. The summed E-state index contributed by atoms with van der Waals surface area (Å²) in [5.74, 6) is 1.09. The summed E-state index contributed by atoms with van der Waals surface area (Å²) in [6, 6.07) is 7.78. The van der Waals surface area contributed by atoms with E-state index in [1.54, 1.807) is 12.1 Å². The van der Waals surface area contributed by atoms with Crippen LogP contribution in [0.2, 0.25) is 0 Å². The van der Waals surface area contributed by atoms with Crippen LogP contribution in [0, 0.1) is 0 Å². The molecule has 2 N–H and O–H groups in total. The summed E-state index contributed by atoms with van der Waals surface area (Å²) in [4.78, 5) is 4.32. The monoisotopic (exact) mass is 384 g/mol. The van der Waals surface area contributed by atoms with Crippen LogP contribution in [0.3, 0.4) is 0 Å². The average Bonchev–Trinajstić information content (AvgIpc) is 3.06. The lowest BCUT2D eigenvalue weighted by molar-refractivity contribution is -0.274. The molecule has 0 aliphatic rings. The maximum atomic E-state index is 12.5. The molecule has 0 radical (unpaired) electrons. The van der Waals surface area contributed by atoms with Crippen molar-refractivity contribution in [2.75, 3.05) is 6.54 Å². The van der Waals surface area contributed by atoms with Gasteiger partial charge in [0.1, 0.15) is 5.75 Å². The maximum absolute atomic E-state index is 12.5. The second-order valence-electron chi connectivity index (χ2n) is 6.08. The fourth-order valence-electron chi connectivity index (χ4n) is 2.22. The number of ether oxygens (including phenoxy) is 1. The highest BCUT2D eigenvalue weighted by atomic mass is 19.4. The highest BCUT2D eigenvalue weighted by molar-refractivity contribution is 5.79. The van der Waals surface area contributed by atoms with Crippen molar-refractivity contribution >= 4 is 5.96 Å². The number of hydrogen-bond donors (Lipinski definition) is 2. The van der Waals surface area contributed by atoms with Crippen LogP contribution in [0.15, 0.2) is 39.8 Å². The predicted octanol–water partition coefficient (Wildman–Crippen LogP) is 3.95. The molecule has 1 aromatic heterocycles. The van der Waals surface area contributed by atoms with Gasteiger partial charge in [-0.05, 0) is 18.9 Å². The minimum Gasteiger partial charge on any atom is -0.405 e. The van der Waals surface area contributed by atoms with Gasteiger partial charge in [-0.1, -0.05) is 37.2 Å². The Hall–Kier alpha value is -2.71. The number of nitrogens with one attached hydrogen (secondary N) is 2. The van der Waals surface area contributed by atoms with Gasteiger partial charge in [0.2, 0.25) is 0 Å². The first-order valence-corrected chi connectivity index (χ1v) is 8.59. The van der Waals surface area contributed by atoms with Crippen molar-refractivity contribution in [1.29, 1.82) is 0 Å². The van der Waals surface area contributed by atoms with E-state index in [4.69, 9.17) is 4.52 Å². The van der Waals surface area contributed by atoms with Crippen LogP contribution in [0.25, 0.3) is 0 Å². The first-order valence-electron chi connectivity index (χ1n) is 8.59. The van der Waals surface area contributed by atoms with Gasteiger partial charge in [-0.3, -0.25) is 0 Å². The van der Waals surface area contributed by atoms with Gasteiger partial charge in [0.15, 0.2) is 11.7 Å². The summed E-state index contributed by atoms with van der Waals surface area (Å²) in [5, 5.41) is 10.1. The Kier molecular flexibility index (Phi) is 7.09. The van der Waals surface area contributed by atoms with Crippen LogP contribution in [0.5, 0.6) is 5.75 Å². The summed E-state index contributed by atoms with van der Waals surface area (Å²) >= 11 is 0. The van der Waals surface area contributed by atoms with Crippen LogP contribution >= 0.6 is 0 Å². The van der Waals surface area contributed by atoms with Crippen molar-refractivity contribution in [2.24, 2.45) is 4.99 Å². The van der Waals surface area contributed by atoms with E-state index < -0.39 is 6.36 Å². The van der Waals surface area contributed by atoms with Crippen LogP contribution in [-0.2, 0) is 13.1 Å². The molecule has 0 amide bonds. The summed E-state index contributed by atoms with van der Waals surface area (Å²) in [7, 11) is 0. The number of para-hydroxylation sites is 1. The Morgan fingerprint density at radius 3 is 2.63 bits per heavy atom. The molecule has 2 aromatic rings. The lowest BCUT2D eigenvalue weighted by atomic mass is 10.1. The van der Waals surface area contributed by atoms with Crippen molar-refractivity contribution < 1.29 is 22.4 Å². The molecule has 0 unspecified atom stereocenters. The van der Waals surface area contributed by atoms with E-state index in [2.05, 4.69) is 25.5 Å². The molecule has 6 nitrogen and oxygen atoms in total. The molecule has 0 aliphatic carbocycles. The van der Waals surface area contributed by atoms with E-state index in [0.717, 1.165) is 5.69 Å². The molecule has 0 saturated carbocycles. The largest absolute Gasteiger partial charge is 0.573 e. The fourth-order valence-corrected chi connectivity index (χ4v) is 2.22. The summed E-state index contributed by atoms with van der Waals surface area (Å²) < 4.78 is 46.8. The second-order valence-corrected chi connectivity index (χ2v) is 6.08. The molecular formula is C18H23F3N4O2. The third-order valence-corrected chi connectivity index (χ3v) is 3.55. The zero-order valence-electron chi connectivity index (χ0n) is 15.4. The molecule has 9 heteroatoms. The van der Waals surface area contributed by atoms with Gasteiger partial charge in [-0.15, -0.1) is 13.2 Å². The average molecular weight is 384 g/mol. The van der Waals surface area contributed by atoms with Crippen molar-refractivity contribution in [3.8, 4) is 5.75 Å². The smallest absolute Gasteiger partial charge is 0.405 e. The Morgan fingerprint density at radius 1 is 1.26 bits per heavy atom.